The Morgan fingerprint density at radius 2 is 1.77 bits per heavy atom. The quantitative estimate of drug-likeness (QED) is 0.683. The van der Waals surface area contributed by atoms with Gasteiger partial charge >= 0.3 is 0 Å². The summed E-state index contributed by atoms with van der Waals surface area (Å²) < 4.78 is 28.8. The first-order chi connectivity index (χ1) is 10.5. The predicted molar refractivity (Wildman–Crippen MR) is 86.8 cm³/mol. The zero-order valence-electron chi connectivity index (χ0n) is 11.7. The monoisotopic (exact) mass is 333 g/mol. The Hall–Kier alpha value is -2.11. The fourth-order valence-electron chi connectivity index (χ4n) is 2.33. The van der Waals surface area contributed by atoms with E-state index in [1.54, 1.807) is 31.6 Å². The SMILES string of the molecule is COc1ccc(-c2cc(S(=O)(=O)Cl)c3ccncc3c2)cc1. The average Bonchev–Trinajstić information content (AvgIpc) is 2.53. The van der Waals surface area contributed by atoms with Gasteiger partial charge in [0.15, 0.2) is 0 Å². The zero-order chi connectivity index (χ0) is 15.7. The summed E-state index contributed by atoms with van der Waals surface area (Å²) in [4.78, 5) is 4.12. The molecule has 4 nitrogen and oxygen atoms in total. The number of pyridine rings is 1. The first kappa shape index (κ1) is 14.8. The second-order valence-electron chi connectivity index (χ2n) is 4.74. The van der Waals surface area contributed by atoms with Gasteiger partial charge in [-0.25, -0.2) is 8.42 Å². The van der Waals surface area contributed by atoms with Gasteiger partial charge in [0.2, 0.25) is 0 Å². The van der Waals surface area contributed by atoms with Crippen LogP contribution in [0.25, 0.3) is 21.9 Å². The van der Waals surface area contributed by atoms with Crippen LogP contribution in [0.5, 0.6) is 5.75 Å². The van der Waals surface area contributed by atoms with Crippen LogP contribution in [-0.2, 0) is 9.05 Å². The number of nitrogens with zero attached hydrogens (tertiary/aromatic N) is 1. The van der Waals surface area contributed by atoms with Crippen LogP contribution in [0.3, 0.4) is 0 Å². The maximum absolute atomic E-state index is 11.9. The fourth-order valence-corrected chi connectivity index (χ4v) is 3.43. The Bertz CT molecular complexity index is 937. The van der Waals surface area contributed by atoms with Crippen molar-refractivity contribution in [2.24, 2.45) is 0 Å². The normalized spacial score (nSPS) is 11.5. The second kappa shape index (κ2) is 5.59. The Balaban J connectivity index is 2.26. The van der Waals surface area contributed by atoms with Crippen molar-refractivity contribution in [3.63, 3.8) is 0 Å². The van der Waals surface area contributed by atoms with Crippen molar-refractivity contribution < 1.29 is 13.2 Å². The lowest BCUT2D eigenvalue weighted by Crippen LogP contribution is -1.94. The molecule has 0 saturated heterocycles. The highest BCUT2D eigenvalue weighted by Crippen LogP contribution is 2.32. The number of rotatable bonds is 3. The standard InChI is InChI=1S/C16H12ClNO3S/c1-21-14-4-2-11(3-5-14)12-8-13-10-18-7-6-15(13)16(9-12)22(17,19)20/h2-10H,1H3. The van der Waals surface area contributed by atoms with Gasteiger partial charge < -0.3 is 4.74 Å². The zero-order valence-corrected chi connectivity index (χ0v) is 13.2. The van der Waals surface area contributed by atoms with Crippen molar-refractivity contribution in [1.29, 1.82) is 0 Å². The summed E-state index contributed by atoms with van der Waals surface area (Å²) in [6.07, 6.45) is 3.16. The van der Waals surface area contributed by atoms with E-state index < -0.39 is 9.05 Å². The highest BCUT2D eigenvalue weighted by molar-refractivity contribution is 8.14. The van der Waals surface area contributed by atoms with Crippen molar-refractivity contribution >= 4 is 30.5 Å². The molecule has 0 radical (unpaired) electrons. The van der Waals surface area contributed by atoms with Crippen molar-refractivity contribution in [3.8, 4) is 16.9 Å². The number of benzene rings is 2. The van der Waals surface area contributed by atoms with Gasteiger partial charge in [-0.1, -0.05) is 12.1 Å². The van der Waals surface area contributed by atoms with Crippen molar-refractivity contribution in [3.05, 3.63) is 54.9 Å². The highest BCUT2D eigenvalue weighted by atomic mass is 35.7. The number of hydrogen-bond donors (Lipinski definition) is 0. The molecule has 0 aliphatic heterocycles. The summed E-state index contributed by atoms with van der Waals surface area (Å²) in [5.41, 5.74) is 1.62. The number of halogens is 1. The van der Waals surface area contributed by atoms with E-state index in [1.165, 1.54) is 0 Å². The van der Waals surface area contributed by atoms with E-state index in [4.69, 9.17) is 15.4 Å². The van der Waals surface area contributed by atoms with Crippen LogP contribution in [0, 0.1) is 0 Å². The second-order valence-corrected chi connectivity index (χ2v) is 7.27. The Morgan fingerprint density at radius 1 is 1.05 bits per heavy atom. The summed E-state index contributed by atoms with van der Waals surface area (Å²) in [5.74, 6) is 0.733. The van der Waals surface area contributed by atoms with Crippen molar-refractivity contribution in [2.45, 2.75) is 4.90 Å². The Kier molecular flexibility index (Phi) is 3.76. The fraction of sp³-hybridized carbons (Fsp3) is 0.0625. The number of ether oxygens (including phenoxy) is 1. The molecule has 0 spiro atoms. The van der Waals surface area contributed by atoms with Crippen LogP contribution in [0.2, 0.25) is 0 Å². The molecule has 0 amide bonds. The molecular formula is C16H12ClNO3S. The molecule has 0 atom stereocenters. The third kappa shape index (κ3) is 2.77. The molecule has 0 bridgehead atoms. The third-order valence-corrected chi connectivity index (χ3v) is 4.76. The molecule has 0 unspecified atom stereocenters. The van der Waals surface area contributed by atoms with E-state index in [9.17, 15) is 8.42 Å². The van der Waals surface area contributed by atoms with Crippen LogP contribution in [0.4, 0.5) is 0 Å². The maximum Gasteiger partial charge on any atom is 0.261 e. The van der Waals surface area contributed by atoms with E-state index in [2.05, 4.69) is 4.98 Å². The van der Waals surface area contributed by atoms with Crippen molar-refractivity contribution in [2.75, 3.05) is 7.11 Å². The Morgan fingerprint density at radius 3 is 2.41 bits per heavy atom. The largest absolute Gasteiger partial charge is 0.497 e. The minimum Gasteiger partial charge on any atom is -0.497 e. The molecule has 22 heavy (non-hydrogen) atoms. The molecule has 0 fully saturated rings. The summed E-state index contributed by atoms with van der Waals surface area (Å²) in [7, 11) is 3.32. The maximum atomic E-state index is 11.9. The molecular weight excluding hydrogens is 322 g/mol. The molecule has 6 heteroatoms. The number of aromatic nitrogens is 1. The van der Waals surface area contributed by atoms with Crippen LogP contribution >= 0.6 is 10.7 Å². The first-order valence-corrected chi connectivity index (χ1v) is 8.77. The van der Waals surface area contributed by atoms with Gasteiger partial charge in [-0.3, -0.25) is 4.98 Å². The lowest BCUT2D eigenvalue weighted by atomic mass is 10.0. The van der Waals surface area contributed by atoms with Crippen molar-refractivity contribution in [1.82, 2.24) is 4.98 Å². The lowest BCUT2D eigenvalue weighted by molar-refractivity contribution is 0.415. The molecule has 0 aliphatic carbocycles. The molecule has 2 aromatic carbocycles. The molecule has 1 aromatic heterocycles. The Labute approximate surface area is 132 Å². The van der Waals surface area contributed by atoms with E-state index >= 15 is 0 Å². The molecule has 112 valence electrons. The van der Waals surface area contributed by atoms with E-state index in [0.29, 0.717) is 5.39 Å². The summed E-state index contributed by atoms with van der Waals surface area (Å²) >= 11 is 0. The summed E-state index contributed by atoms with van der Waals surface area (Å²) in [5, 5.41) is 1.28. The number of methoxy groups -OCH3 is 1. The minimum absolute atomic E-state index is 0.0832. The van der Waals surface area contributed by atoms with Crippen LogP contribution in [0.15, 0.2) is 59.8 Å². The predicted octanol–water partition coefficient (Wildman–Crippen LogP) is 3.84. The van der Waals surface area contributed by atoms with Gasteiger partial charge in [0.05, 0.1) is 12.0 Å². The molecule has 0 N–H and O–H groups in total. The van der Waals surface area contributed by atoms with Crippen LogP contribution in [0.1, 0.15) is 0 Å². The smallest absolute Gasteiger partial charge is 0.261 e. The topological polar surface area (TPSA) is 56.3 Å². The van der Waals surface area contributed by atoms with E-state index in [0.717, 1.165) is 22.3 Å². The number of fused-ring (bicyclic) bond motifs is 1. The molecule has 3 rings (SSSR count). The van der Waals surface area contributed by atoms with Gasteiger partial charge in [-0.15, -0.1) is 0 Å². The number of hydrogen-bond acceptors (Lipinski definition) is 4. The van der Waals surface area contributed by atoms with Gasteiger partial charge in [-0.2, -0.15) is 0 Å². The van der Waals surface area contributed by atoms with Gasteiger partial charge in [-0.05, 0) is 41.5 Å². The molecule has 1 heterocycles. The minimum atomic E-state index is -3.85. The van der Waals surface area contributed by atoms with E-state index in [1.807, 2.05) is 30.3 Å². The lowest BCUT2D eigenvalue weighted by Gasteiger charge is -2.09. The third-order valence-electron chi connectivity index (χ3n) is 3.40. The van der Waals surface area contributed by atoms with Gasteiger partial charge in [0.1, 0.15) is 5.75 Å². The summed E-state index contributed by atoms with van der Waals surface area (Å²) in [6.45, 7) is 0. The van der Waals surface area contributed by atoms with Gasteiger partial charge in [0.25, 0.3) is 9.05 Å². The molecule has 0 aliphatic rings. The summed E-state index contributed by atoms with van der Waals surface area (Å²) in [6, 6.07) is 12.5. The van der Waals surface area contributed by atoms with E-state index in [-0.39, 0.29) is 4.90 Å². The van der Waals surface area contributed by atoms with Gasteiger partial charge in [0, 0.05) is 33.8 Å². The van der Waals surface area contributed by atoms with Crippen LogP contribution in [-0.4, -0.2) is 20.5 Å². The molecule has 3 aromatic rings. The first-order valence-electron chi connectivity index (χ1n) is 6.46. The highest BCUT2D eigenvalue weighted by Gasteiger charge is 2.16. The van der Waals surface area contributed by atoms with Crippen LogP contribution < -0.4 is 4.74 Å². The average molecular weight is 334 g/mol. The molecule has 0 saturated carbocycles.